The summed E-state index contributed by atoms with van der Waals surface area (Å²) in [6.07, 6.45) is -161. The largest absolute Gasteiger partial charge is 0.472 e. The number of hydrogen-bond donors (Lipinski definition) is 1. The van der Waals surface area contributed by atoms with E-state index in [0.29, 0.717) is 0 Å². The summed E-state index contributed by atoms with van der Waals surface area (Å²) in [7, 11) is -8.10. The average molecular weight is 844 g/mol. The van der Waals surface area contributed by atoms with Crippen LogP contribution in [0.2, 0.25) is 0 Å². The van der Waals surface area contributed by atoms with Crippen LogP contribution in [0.5, 0.6) is 0 Å². The van der Waals surface area contributed by atoms with Gasteiger partial charge in [-0.2, -0.15) is 0 Å². The molecule has 9 nitrogen and oxygen atoms in total. The van der Waals surface area contributed by atoms with Crippen molar-refractivity contribution in [2.75, 3.05) is 47.1 Å². The summed E-state index contributed by atoms with van der Waals surface area (Å²) in [5, 5.41) is 0. The molecule has 0 aromatic rings. The first kappa shape index (κ1) is 7.24. The third-order valence-electron chi connectivity index (χ3n) is 3.01. The molecule has 0 saturated heterocycles. The smallest absolute Gasteiger partial charge is 0.462 e. The van der Waals surface area contributed by atoms with Gasteiger partial charge in [0.05, 0.1) is 54.9 Å². The van der Waals surface area contributed by atoms with Crippen LogP contribution < -0.4 is 0 Å². The topological polar surface area (TPSA) is 108 Å². The molecule has 0 fully saturated rings. The van der Waals surface area contributed by atoms with Crippen LogP contribution >= 0.6 is 7.82 Å². The van der Waals surface area contributed by atoms with Crippen molar-refractivity contribution in [2.45, 2.75) is 198 Å². The van der Waals surface area contributed by atoms with E-state index in [1.54, 1.807) is 0 Å². The van der Waals surface area contributed by atoms with Gasteiger partial charge in [-0.15, -0.1) is 0 Å². The molecule has 0 aromatic carbocycles. The number of likely N-dealkylation sites (N-methyl/N-ethyl adjacent to an activating group) is 1. The Bertz CT molecular complexity index is 4320. The number of nitrogens with zero attached hydrogens (tertiary/aromatic N) is 1. The van der Waals surface area contributed by atoms with E-state index in [1.165, 1.54) is 0 Å². The number of allylic oxidation sites excluding steroid dienone is 2. The minimum atomic E-state index is -8.10. The van der Waals surface area contributed by atoms with E-state index in [-0.39, 0.29) is 0 Å². The normalized spacial score (nSPS) is 48.1. The van der Waals surface area contributed by atoms with E-state index in [9.17, 15) is 19.0 Å². The number of carbonyl (C=O) groups excluding carboxylic acids is 2. The van der Waals surface area contributed by atoms with Gasteiger partial charge in [0.1, 0.15) is 19.6 Å². The Labute approximate surface area is 435 Å². The van der Waals surface area contributed by atoms with Crippen LogP contribution in [0.3, 0.4) is 0 Å². The van der Waals surface area contributed by atoms with Gasteiger partial charge in [-0.1, -0.05) is 153 Å². The van der Waals surface area contributed by atoms with Crippen LogP contribution in [0.15, 0.2) is 12.1 Å². The summed E-state index contributed by atoms with van der Waals surface area (Å²) >= 11 is 0. The highest BCUT2D eigenvalue weighted by Gasteiger charge is 2.27. The minimum Gasteiger partial charge on any atom is -0.462 e. The van der Waals surface area contributed by atoms with Crippen molar-refractivity contribution in [2.24, 2.45) is 0 Å². The predicted molar refractivity (Wildman–Crippen MR) is 215 cm³/mol. The molecular formula is C42H83NO8P+. The van der Waals surface area contributed by atoms with E-state index in [4.69, 9.17) is 112 Å². The summed E-state index contributed by atoms with van der Waals surface area (Å²) in [6, 6.07) is -6.02. The Morgan fingerprint density at radius 1 is 0.673 bits per heavy atom. The van der Waals surface area contributed by atoms with E-state index >= 15 is 0 Å². The molecule has 0 amide bonds. The molecular weight excluding hydrogens is 677 g/mol. The van der Waals surface area contributed by atoms with Gasteiger partial charge in [-0.25, -0.2) is 4.57 Å². The Morgan fingerprint density at radius 3 is 1.60 bits per heavy atom. The van der Waals surface area contributed by atoms with Crippen LogP contribution in [0.1, 0.15) is 305 Å². The molecule has 0 heterocycles. The number of ether oxygens (including phenoxy) is 2. The molecule has 1 N–H and O–H groups in total. The Morgan fingerprint density at radius 2 is 1.12 bits per heavy atom. The summed E-state index contributed by atoms with van der Waals surface area (Å²) in [6.45, 7) is -47.8. The average Bonchev–Trinajstić information content (AvgIpc) is 0.680. The molecule has 2 atom stereocenters. The zero-order valence-corrected chi connectivity index (χ0v) is 26.1. The second-order valence-electron chi connectivity index (χ2n) is 6.60. The molecule has 0 aliphatic heterocycles. The van der Waals surface area contributed by atoms with E-state index in [1.807, 2.05) is 0 Å². The van der Waals surface area contributed by atoms with Crippen molar-refractivity contribution < 1.29 is 154 Å². The van der Waals surface area contributed by atoms with Gasteiger partial charge in [0, 0.05) is 97.7 Å². The molecule has 0 aliphatic rings. The van der Waals surface area contributed by atoms with Crippen LogP contribution in [-0.2, 0) is 32.7 Å². The maximum absolute atomic E-state index is 14.5. The third kappa shape index (κ3) is 38.5. The minimum absolute atomic E-state index is 2.98. The maximum Gasteiger partial charge on any atom is 0.472 e. The van der Waals surface area contributed by atoms with Crippen LogP contribution in [0.25, 0.3) is 0 Å². The Balaban J connectivity index is 9.56. The number of phosphoric acid groups is 1. The lowest BCUT2D eigenvalue weighted by Crippen LogP contribution is -2.37. The fourth-order valence-electron chi connectivity index (χ4n) is 1.48. The molecule has 52 heavy (non-hydrogen) atoms. The molecule has 0 rings (SSSR count). The number of esters is 2. The van der Waals surface area contributed by atoms with Gasteiger partial charge in [0.25, 0.3) is 0 Å². The van der Waals surface area contributed by atoms with Gasteiger partial charge >= 0.3 is 19.8 Å². The van der Waals surface area contributed by atoms with Crippen molar-refractivity contribution in [1.29, 1.82) is 0 Å². The van der Waals surface area contributed by atoms with Gasteiger partial charge in [0.2, 0.25) is 0 Å². The maximum atomic E-state index is 14.5. The highest BCUT2D eigenvalue weighted by atomic mass is 31.2. The monoisotopic (exact) mass is 843 g/mol. The van der Waals surface area contributed by atoms with E-state index in [0.717, 1.165) is 0 Å². The molecule has 10 heteroatoms. The standard InChI is InChI=1S/C42H82NO8P/c1-6-8-10-12-14-16-18-20-21-23-25-27-29-31-33-35-42(45)51-40(39-50-52(46,47)49-37-36-43(3,4)5)38-48-41(44)34-32-30-28-26-24-22-19-17-15-13-11-9-7-2/h20-21,40H,6-19,22-39H2,1-5H3/p+1/b21-20-/t40-/m1/s1/i1D3,2D3,3D3,4D3,5D3,6D2,7D2,8D2,9D2,10D2,11D2,12D2,13D2,14D2,15D2,16D2,17D2,18D2,19D2,20D,21D,22D2,23D2,24D2,25D2,26D2,27D2,28D2,29D2,30D2,31D2,32D2,33D2,34D2,35D2,36D2,37D2,38D2,39D2,40D. The van der Waals surface area contributed by atoms with Crippen LogP contribution in [0, 0.1) is 0 Å². The summed E-state index contributed by atoms with van der Waals surface area (Å²) in [5.41, 5.74) is 0. The van der Waals surface area contributed by atoms with Gasteiger partial charge in [-0.3, -0.25) is 18.6 Å². The van der Waals surface area contributed by atoms with Crippen molar-refractivity contribution in [3.8, 4) is 0 Å². The summed E-state index contributed by atoms with van der Waals surface area (Å²) in [4.78, 5) is 39.8. The first-order valence-electron chi connectivity index (χ1n) is 53.0. The molecule has 0 aromatic heterocycles. The Kier molecular flexibility index (Phi) is 4.93. The second kappa shape index (κ2) is 35.5. The lowest BCUT2D eigenvalue weighted by Gasteiger charge is -2.24. The van der Waals surface area contributed by atoms with Crippen molar-refractivity contribution in [1.82, 2.24) is 0 Å². The van der Waals surface area contributed by atoms with Gasteiger partial charge < -0.3 is 18.9 Å². The fourth-order valence-corrected chi connectivity index (χ4v) is 1.87. The zero-order valence-electron chi connectivity index (χ0n) is 107. The lowest BCUT2D eigenvalue weighted by atomic mass is 10.0. The van der Waals surface area contributed by atoms with Crippen molar-refractivity contribution >= 4 is 19.8 Å². The first-order valence-corrected chi connectivity index (χ1v) is 13.5. The van der Waals surface area contributed by atoms with Crippen molar-refractivity contribution in [3.63, 3.8) is 0 Å². The Hall–Kier alpha value is -1.25. The highest BCUT2D eigenvalue weighted by molar-refractivity contribution is 7.47. The zero-order chi connectivity index (χ0) is 111. The number of phosphoric ester groups is 1. The number of carbonyl (C=O) groups is 2. The molecule has 308 valence electrons. The SMILES string of the molecule is [2H]/C(=C(\[2H])C([2H])([2H])C([2H])([2H])C([2H])([2H])C([2H])([2H])C([2H])([2H])C([2H])([2H])C([2H])([2H])C([2H])([2H])[2H])C([2H])([2H])C([2H])([2H])C([2H])([2H])C([2H])([2H])C([2H])([2H])C([2H])([2H])C([2H])([2H])C(=O)O[C@]([2H])(C([2H])([2H])OC(=O)C([2H])([2H])C([2H])([2H])C([2H])([2H])C([2H])([2H])C([2H])([2H])C([2H])([2H])C([2H])([2H])C([2H])([2H])C([2H])([2H])C([2H])([2H])C([2H])([2H])C([2H])([2H])C([2H])([2H])C([2H])([2H])C([2H])([2H])[2H])C([2H])([2H])OP(=O)(O)OC([2H])([2H])C([2H])([2H])[N+](C([2H])([2H])[2H])(C([2H])([2H])[2H])C([2H])([2H])[2H]. The van der Waals surface area contributed by atoms with E-state index in [2.05, 4.69) is 18.5 Å². The van der Waals surface area contributed by atoms with Gasteiger partial charge in [-0.05, 0) is 38.2 Å². The van der Waals surface area contributed by atoms with Gasteiger partial charge in [0.15, 0.2) is 6.08 Å². The summed E-state index contributed by atoms with van der Waals surface area (Å²) in [5.74, 6) is -8.14. The third-order valence-corrected chi connectivity index (χ3v) is 3.66. The number of quaternary nitrogens is 1. The van der Waals surface area contributed by atoms with Crippen LogP contribution in [0.4, 0.5) is 0 Å². The van der Waals surface area contributed by atoms with Crippen molar-refractivity contribution in [3.05, 3.63) is 12.1 Å². The van der Waals surface area contributed by atoms with Crippen LogP contribution in [-0.4, -0.2) is 74.5 Å². The van der Waals surface area contributed by atoms with E-state index < -0.39 is 282 Å². The number of rotatable bonds is 39. The molecule has 0 radical (unpaired) electrons. The summed E-state index contributed by atoms with van der Waals surface area (Å²) < 4.78 is 698. The molecule has 0 saturated carbocycles. The quantitative estimate of drug-likeness (QED) is 0.0282. The molecule has 0 bridgehead atoms. The predicted octanol–water partition coefficient (Wildman–Crippen LogP) is 11.8. The molecule has 0 spiro atoms. The first-order chi connectivity index (χ1) is 56.2. The molecule has 1 unspecified atom stereocenters. The highest BCUT2D eigenvalue weighted by Crippen LogP contribution is 2.43. The fraction of sp³-hybridized carbons (Fsp3) is 0.905. The molecule has 0 aliphatic carbocycles. The second-order valence-corrected chi connectivity index (χ2v) is 7.90. The number of hydrogen-bond acceptors (Lipinski definition) is 7. The lowest BCUT2D eigenvalue weighted by molar-refractivity contribution is -0.870.